The first kappa shape index (κ1) is 28.8. The molecule has 0 atom stereocenters. The molecule has 1 fully saturated rings. The van der Waals surface area contributed by atoms with E-state index in [0.717, 1.165) is 31.7 Å². The van der Waals surface area contributed by atoms with Crippen LogP contribution in [0.4, 0.5) is 34.6 Å². The lowest BCUT2D eigenvalue weighted by molar-refractivity contribution is -0.131. The minimum absolute atomic E-state index is 0.227. The molecule has 2 aromatic heterocycles. The second-order valence-electron chi connectivity index (χ2n) is 10.9. The molecular formula is C30H36N8O4. The predicted octanol–water partition coefficient (Wildman–Crippen LogP) is 4.11. The number of ether oxygens (including phenoxy) is 2. The van der Waals surface area contributed by atoms with Gasteiger partial charge in [-0.05, 0) is 77.2 Å². The van der Waals surface area contributed by atoms with Crippen LogP contribution in [0.5, 0.6) is 11.6 Å². The van der Waals surface area contributed by atoms with Crippen LogP contribution in [0.15, 0.2) is 55.3 Å². The lowest BCUT2D eigenvalue weighted by Crippen LogP contribution is -2.51. The highest BCUT2D eigenvalue weighted by Crippen LogP contribution is 2.41. The van der Waals surface area contributed by atoms with Gasteiger partial charge >= 0.3 is 0 Å². The van der Waals surface area contributed by atoms with Crippen molar-refractivity contribution in [1.82, 2.24) is 19.9 Å². The second-order valence-corrected chi connectivity index (χ2v) is 10.9. The summed E-state index contributed by atoms with van der Waals surface area (Å²) < 4.78 is 11.6. The van der Waals surface area contributed by atoms with E-state index in [1.165, 1.54) is 17.2 Å². The Balaban J connectivity index is 1.43. The average molecular weight is 573 g/mol. The van der Waals surface area contributed by atoms with Crippen molar-refractivity contribution in [3.63, 3.8) is 0 Å². The molecule has 2 amide bonds. The fourth-order valence-corrected chi connectivity index (χ4v) is 5.08. The summed E-state index contributed by atoms with van der Waals surface area (Å²) in [5.41, 5.74) is 0.417. The number of amides is 2. The molecule has 1 aromatic carbocycles. The number of hydrogen-bond acceptors (Lipinski definition) is 10. The molecule has 0 aliphatic carbocycles. The van der Waals surface area contributed by atoms with E-state index in [4.69, 9.17) is 14.5 Å². The molecule has 12 heteroatoms. The Bertz CT molecular complexity index is 1500. The van der Waals surface area contributed by atoms with Gasteiger partial charge in [0.25, 0.3) is 5.91 Å². The van der Waals surface area contributed by atoms with Crippen molar-refractivity contribution in [2.75, 3.05) is 54.7 Å². The van der Waals surface area contributed by atoms with Gasteiger partial charge in [-0.25, -0.2) is 4.98 Å². The van der Waals surface area contributed by atoms with E-state index in [9.17, 15) is 9.59 Å². The van der Waals surface area contributed by atoms with Crippen molar-refractivity contribution in [3.05, 3.63) is 55.3 Å². The van der Waals surface area contributed by atoms with Crippen molar-refractivity contribution in [3.8, 4) is 11.6 Å². The standard InChI is InChI=1S/C30H36N8O4/c1-7-25(39)32-19-9-8-10-21(17-19)38-26-23(42-30(2,3)28(38)40)18-31-29(35-26)33-22-11-12-24(34-27(22)41-6)37-15-13-20(14-16-37)36(4)5/h7-12,17-18,20H,1,13-16H2,2-6H3,(H,32,39)(H,31,33,35). The number of nitrogens with one attached hydrogen (secondary N) is 2. The van der Waals surface area contributed by atoms with Gasteiger partial charge in [0.15, 0.2) is 17.2 Å². The van der Waals surface area contributed by atoms with Crippen LogP contribution in [0.2, 0.25) is 0 Å². The molecule has 0 bridgehead atoms. The molecule has 2 aliphatic rings. The van der Waals surface area contributed by atoms with Gasteiger partial charge in [-0.15, -0.1) is 0 Å². The summed E-state index contributed by atoms with van der Waals surface area (Å²) in [6, 6.07) is 11.3. The molecule has 12 nitrogen and oxygen atoms in total. The highest BCUT2D eigenvalue weighted by atomic mass is 16.5. The van der Waals surface area contributed by atoms with E-state index in [1.807, 2.05) is 12.1 Å². The zero-order valence-electron chi connectivity index (χ0n) is 24.5. The minimum atomic E-state index is -1.17. The average Bonchev–Trinajstić information content (AvgIpc) is 2.98. The molecule has 1 saturated heterocycles. The summed E-state index contributed by atoms with van der Waals surface area (Å²) in [5.74, 6) is 1.39. The van der Waals surface area contributed by atoms with Crippen LogP contribution >= 0.6 is 0 Å². The first-order valence-electron chi connectivity index (χ1n) is 13.8. The molecule has 4 heterocycles. The van der Waals surface area contributed by atoms with E-state index in [1.54, 1.807) is 45.2 Å². The molecule has 0 saturated carbocycles. The Labute approximate surface area is 245 Å². The third kappa shape index (κ3) is 5.84. The van der Waals surface area contributed by atoms with E-state index in [0.29, 0.717) is 34.7 Å². The lowest BCUT2D eigenvalue weighted by Gasteiger charge is -2.37. The van der Waals surface area contributed by atoms with E-state index < -0.39 is 5.60 Å². The smallest absolute Gasteiger partial charge is 0.276 e. The second kappa shape index (κ2) is 11.6. The number of carbonyl (C=O) groups excluding carboxylic acids is 2. The molecule has 3 aromatic rings. The maximum atomic E-state index is 13.6. The van der Waals surface area contributed by atoms with E-state index in [-0.39, 0.29) is 23.6 Å². The molecule has 0 spiro atoms. The highest BCUT2D eigenvalue weighted by Gasteiger charge is 2.43. The Morgan fingerprint density at radius 1 is 1.19 bits per heavy atom. The zero-order valence-corrected chi connectivity index (χ0v) is 24.5. The van der Waals surface area contributed by atoms with Crippen LogP contribution in [0.25, 0.3) is 0 Å². The van der Waals surface area contributed by atoms with Gasteiger partial charge in [-0.2, -0.15) is 9.97 Å². The fraction of sp³-hybridized carbons (Fsp3) is 0.367. The maximum Gasteiger partial charge on any atom is 0.276 e. The monoisotopic (exact) mass is 572 g/mol. The molecule has 2 N–H and O–H groups in total. The van der Waals surface area contributed by atoms with Crippen molar-refractivity contribution < 1.29 is 19.1 Å². The number of piperidine rings is 1. The van der Waals surface area contributed by atoms with Crippen LogP contribution in [0, 0.1) is 0 Å². The Kier molecular flexibility index (Phi) is 7.99. The number of anilines is 6. The predicted molar refractivity (Wildman–Crippen MR) is 162 cm³/mol. The van der Waals surface area contributed by atoms with Crippen molar-refractivity contribution >= 4 is 46.5 Å². The molecule has 2 aliphatic heterocycles. The Morgan fingerprint density at radius 3 is 2.64 bits per heavy atom. The van der Waals surface area contributed by atoms with E-state index >= 15 is 0 Å². The number of methoxy groups -OCH3 is 1. The summed E-state index contributed by atoms with van der Waals surface area (Å²) in [4.78, 5) is 45.3. The van der Waals surface area contributed by atoms with Gasteiger partial charge in [0.1, 0.15) is 11.5 Å². The van der Waals surface area contributed by atoms with Crippen LogP contribution in [-0.4, -0.2) is 77.6 Å². The lowest BCUT2D eigenvalue weighted by atomic mass is 10.0. The highest BCUT2D eigenvalue weighted by molar-refractivity contribution is 6.08. The number of pyridine rings is 1. The summed E-state index contributed by atoms with van der Waals surface area (Å²) >= 11 is 0. The first-order valence-corrected chi connectivity index (χ1v) is 13.8. The molecular weight excluding hydrogens is 536 g/mol. The number of rotatable bonds is 8. The third-order valence-corrected chi connectivity index (χ3v) is 7.39. The van der Waals surface area contributed by atoms with Crippen molar-refractivity contribution in [1.29, 1.82) is 0 Å². The summed E-state index contributed by atoms with van der Waals surface area (Å²) in [7, 11) is 5.80. The van der Waals surface area contributed by atoms with Crippen molar-refractivity contribution in [2.45, 2.75) is 38.3 Å². The van der Waals surface area contributed by atoms with E-state index in [2.05, 4.69) is 51.1 Å². The minimum Gasteiger partial charge on any atom is -0.479 e. The molecule has 42 heavy (non-hydrogen) atoms. The topological polar surface area (TPSA) is 125 Å². The number of carbonyl (C=O) groups is 2. The van der Waals surface area contributed by atoms with Gasteiger partial charge in [-0.3, -0.25) is 14.5 Å². The van der Waals surface area contributed by atoms with Crippen LogP contribution < -0.4 is 29.9 Å². The largest absolute Gasteiger partial charge is 0.479 e. The maximum absolute atomic E-state index is 13.6. The summed E-state index contributed by atoms with van der Waals surface area (Å²) in [6.07, 6.45) is 4.84. The van der Waals surface area contributed by atoms with Crippen LogP contribution in [-0.2, 0) is 9.59 Å². The Morgan fingerprint density at radius 2 is 1.95 bits per heavy atom. The first-order chi connectivity index (χ1) is 20.1. The van der Waals surface area contributed by atoms with Gasteiger partial charge in [-0.1, -0.05) is 12.6 Å². The van der Waals surface area contributed by atoms with Crippen LogP contribution in [0.1, 0.15) is 26.7 Å². The fourth-order valence-electron chi connectivity index (χ4n) is 5.08. The summed E-state index contributed by atoms with van der Waals surface area (Å²) in [6.45, 7) is 8.68. The quantitative estimate of drug-likeness (QED) is 0.381. The van der Waals surface area contributed by atoms with Gasteiger partial charge in [0, 0.05) is 24.8 Å². The molecule has 0 unspecified atom stereocenters. The normalized spacial score (nSPS) is 16.5. The number of benzene rings is 1. The number of hydrogen-bond donors (Lipinski definition) is 2. The van der Waals surface area contributed by atoms with Crippen molar-refractivity contribution in [2.24, 2.45) is 0 Å². The Hall–Kier alpha value is -4.71. The molecule has 220 valence electrons. The third-order valence-electron chi connectivity index (χ3n) is 7.39. The SMILES string of the molecule is C=CC(=O)Nc1cccc(N2C(=O)C(C)(C)Oc3cnc(Nc4ccc(N5CCC(N(C)C)CC5)nc4OC)nc32)c1. The number of nitrogens with zero attached hydrogens (tertiary/aromatic N) is 6. The van der Waals surface area contributed by atoms with Crippen LogP contribution in [0.3, 0.4) is 0 Å². The zero-order chi connectivity index (χ0) is 30.0. The molecule has 0 radical (unpaired) electrons. The summed E-state index contributed by atoms with van der Waals surface area (Å²) in [5, 5.41) is 5.91. The van der Waals surface area contributed by atoms with Gasteiger partial charge < -0.3 is 29.9 Å². The number of fused-ring (bicyclic) bond motifs is 1. The van der Waals surface area contributed by atoms with Gasteiger partial charge in [0.05, 0.1) is 19.0 Å². The molecule has 5 rings (SSSR count). The van der Waals surface area contributed by atoms with Gasteiger partial charge in [0.2, 0.25) is 17.7 Å². The number of aromatic nitrogens is 3.